The van der Waals surface area contributed by atoms with Crippen molar-refractivity contribution in [2.75, 3.05) is 18.0 Å². The van der Waals surface area contributed by atoms with Crippen LogP contribution < -0.4 is 4.90 Å². The Kier molecular flexibility index (Phi) is 3.76. The molecule has 2 atom stereocenters. The predicted octanol–water partition coefficient (Wildman–Crippen LogP) is 3.22. The molecule has 1 aliphatic heterocycles. The summed E-state index contributed by atoms with van der Waals surface area (Å²) in [6, 6.07) is 2.71. The van der Waals surface area contributed by atoms with Gasteiger partial charge in [-0.1, -0.05) is 19.0 Å². The Morgan fingerprint density at radius 3 is 2.90 bits per heavy atom. The van der Waals surface area contributed by atoms with Crippen LogP contribution in [0.1, 0.15) is 44.2 Å². The van der Waals surface area contributed by atoms with Gasteiger partial charge in [0.2, 0.25) is 0 Å². The van der Waals surface area contributed by atoms with E-state index in [9.17, 15) is 0 Å². The maximum atomic E-state index is 6.01. The van der Waals surface area contributed by atoms with Gasteiger partial charge in [0.25, 0.3) is 0 Å². The minimum atomic E-state index is 0.0689. The molecular weight excluding hydrogens is 274 g/mol. The van der Waals surface area contributed by atoms with Gasteiger partial charge >= 0.3 is 6.01 Å². The first-order valence-corrected chi connectivity index (χ1v) is 7.84. The Morgan fingerprint density at radius 1 is 1.40 bits per heavy atom. The average Bonchev–Trinajstić information content (AvgIpc) is 3.10. The summed E-state index contributed by atoms with van der Waals surface area (Å²) in [5, 5.41) is 8.25. The van der Waals surface area contributed by atoms with Crippen molar-refractivity contribution in [3.8, 4) is 0 Å². The number of hydrogen-bond acceptors (Lipinski definition) is 6. The summed E-state index contributed by atoms with van der Waals surface area (Å²) >= 11 is 1.69. The highest BCUT2D eigenvalue weighted by Gasteiger charge is 2.29. The van der Waals surface area contributed by atoms with Gasteiger partial charge in [0.05, 0.1) is 12.6 Å². The lowest BCUT2D eigenvalue weighted by atomic mass is 10.1. The fourth-order valence-corrected chi connectivity index (χ4v) is 3.04. The topological polar surface area (TPSA) is 51.4 Å². The normalized spacial score (nSPS) is 23.5. The van der Waals surface area contributed by atoms with E-state index in [0.717, 1.165) is 18.9 Å². The molecule has 0 bridgehead atoms. The summed E-state index contributed by atoms with van der Waals surface area (Å²) in [5.41, 5.74) is 1.22. The molecule has 0 spiro atoms. The third-order valence-corrected chi connectivity index (χ3v) is 4.09. The fraction of sp³-hybridized carbons (Fsp3) is 0.571. The van der Waals surface area contributed by atoms with E-state index in [4.69, 9.17) is 9.26 Å². The molecule has 0 N–H and O–H groups in total. The minimum absolute atomic E-state index is 0.0689. The number of ether oxygens (including phenoxy) is 1. The molecule has 0 saturated carbocycles. The lowest BCUT2D eigenvalue weighted by Gasteiger charge is -2.35. The average molecular weight is 293 g/mol. The van der Waals surface area contributed by atoms with Gasteiger partial charge in [0, 0.05) is 12.5 Å². The van der Waals surface area contributed by atoms with Gasteiger partial charge in [-0.3, -0.25) is 0 Å². The van der Waals surface area contributed by atoms with Crippen LogP contribution in [-0.4, -0.2) is 29.3 Å². The molecular formula is C14H19N3O2S. The number of hydrogen-bond donors (Lipinski definition) is 0. The molecule has 20 heavy (non-hydrogen) atoms. The third-order valence-electron chi connectivity index (χ3n) is 3.39. The molecule has 0 radical (unpaired) electrons. The molecule has 2 aromatic heterocycles. The van der Waals surface area contributed by atoms with Crippen LogP contribution in [0, 0.1) is 0 Å². The molecule has 2 aromatic rings. The molecule has 0 aromatic carbocycles. The van der Waals surface area contributed by atoms with E-state index in [-0.39, 0.29) is 18.1 Å². The predicted molar refractivity (Wildman–Crippen MR) is 78.2 cm³/mol. The van der Waals surface area contributed by atoms with Crippen molar-refractivity contribution in [3.05, 3.63) is 28.2 Å². The molecule has 1 aliphatic rings. The SMILES string of the molecule is CC1CN(c2nc(C(C)C)no2)CC(c2ccsc2)O1. The second-order valence-electron chi connectivity index (χ2n) is 5.49. The summed E-state index contributed by atoms with van der Waals surface area (Å²) in [6.07, 6.45) is 0.211. The summed E-state index contributed by atoms with van der Waals surface area (Å²) in [4.78, 5) is 6.60. The van der Waals surface area contributed by atoms with Gasteiger partial charge in [0.1, 0.15) is 6.10 Å². The first-order valence-electron chi connectivity index (χ1n) is 6.89. The van der Waals surface area contributed by atoms with Gasteiger partial charge in [-0.25, -0.2) is 0 Å². The van der Waals surface area contributed by atoms with E-state index in [0.29, 0.717) is 6.01 Å². The van der Waals surface area contributed by atoms with Crippen LogP contribution in [0.25, 0.3) is 0 Å². The Labute approximate surface area is 122 Å². The van der Waals surface area contributed by atoms with Crippen molar-refractivity contribution >= 4 is 17.4 Å². The van der Waals surface area contributed by atoms with E-state index in [1.54, 1.807) is 11.3 Å². The highest BCUT2D eigenvalue weighted by atomic mass is 32.1. The number of rotatable bonds is 3. The second-order valence-corrected chi connectivity index (χ2v) is 6.27. The Hall–Kier alpha value is -1.40. The van der Waals surface area contributed by atoms with Crippen LogP contribution in [0.5, 0.6) is 0 Å². The van der Waals surface area contributed by atoms with E-state index in [2.05, 4.69) is 52.6 Å². The highest BCUT2D eigenvalue weighted by molar-refractivity contribution is 7.07. The van der Waals surface area contributed by atoms with E-state index in [1.807, 2.05) is 0 Å². The summed E-state index contributed by atoms with van der Waals surface area (Å²) < 4.78 is 11.4. The standard InChI is InChI=1S/C14H19N3O2S/c1-9(2)13-15-14(19-16-13)17-6-10(3)18-12(7-17)11-4-5-20-8-11/h4-5,8-10,12H,6-7H2,1-3H3. The molecule has 3 heterocycles. The maximum Gasteiger partial charge on any atom is 0.324 e. The summed E-state index contributed by atoms with van der Waals surface area (Å²) in [6.45, 7) is 7.72. The van der Waals surface area contributed by atoms with Crippen LogP contribution >= 0.6 is 11.3 Å². The van der Waals surface area contributed by atoms with Crippen LogP contribution in [0.3, 0.4) is 0 Å². The molecule has 2 unspecified atom stereocenters. The molecule has 1 saturated heterocycles. The number of nitrogens with zero attached hydrogens (tertiary/aromatic N) is 3. The number of thiophene rings is 1. The van der Waals surface area contributed by atoms with Gasteiger partial charge in [0.15, 0.2) is 5.82 Å². The molecule has 0 aliphatic carbocycles. The molecule has 5 nitrogen and oxygen atoms in total. The zero-order chi connectivity index (χ0) is 14.1. The quantitative estimate of drug-likeness (QED) is 0.869. The van der Waals surface area contributed by atoms with Crippen molar-refractivity contribution in [2.24, 2.45) is 0 Å². The number of aromatic nitrogens is 2. The second kappa shape index (κ2) is 5.54. The smallest absolute Gasteiger partial charge is 0.324 e. The largest absolute Gasteiger partial charge is 0.367 e. The zero-order valence-corrected chi connectivity index (χ0v) is 12.8. The Bertz CT molecular complexity index is 553. The third kappa shape index (κ3) is 2.71. The monoisotopic (exact) mass is 293 g/mol. The Balaban J connectivity index is 1.78. The number of anilines is 1. The number of morpholine rings is 1. The lowest BCUT2D eigenvalue weighted by Crippen LogP contribution is -2.43. The molecule has 0 amide bonds. The van der Waals surface area contributed by atoms with Crippen molar-refractivity contribution < 1.29 is 9.26 Å². The maximum absolute atomic E-state index is 6.01. The van der Waals surface area contributed by atoms with Crippen molar-refractivity contribution in [2.45, 2.75) is 38.9 Å². The molecule has 1 fully saturated rings. The van der Waals surface area contributed by atoms with Crippen molar-refractivity contribution in [1.82, 2.24) is 10.1 Å². The first-order chi connectivity index (χ1) is 9.63. The Morgan fingerprint density at radius 2 is 2.25 bits per heavy atom. The highest BCUT2D eigenvalue weighted by Crippen LogP contribution is 2.29. The van der Waals surface area contributed by atoms with E-state index < -0.39 is 0 Å². The van der Waals surface area contributed by atoms with Gasteiger partial charge < -0.3 is 14.2 Å². The van der Waals surface area contributed by atoms with Gasteiger partial charge in [-0.2, -0.15) is 16.3 Å². The van der Waals surface area contributed by atoms with Crippen LogP contribution in [0.4, 0.5) is 6.01 Å². The van der Waals surface area contributed by atoms with Crippen molar-refractivity contribution in [1.29, 1.82) is 0 Å². The van der Waals surface area contributed by atoms with Gasteiger partial charge in [-0.15, -0.1) is 0 Å². The van der Waals surface area contributed by atoms with E-state index >= 15 is 0 Å². The van der Waals surface area contributed by atoms with E-state index in [1.165, 1.54) is 5.56 Å². The lowest BCUT2D eigenvalue weighted by molar-refractivity contribution is -0.0188. The van der Waals surface area contributed by atoms with Crippen LogP contribution in [-0.2, 0) is 4.74 Å². The van der Waals surface area contributed by atoms with Crippen LogP contribution in [0.2, 0.25) is 0 Å². The first kappa shape index (κ1) is 13.6. The summed E-state index contributed by atoms with van der Waals surface area (Å²) in [7, 11) is 0. The van der Waals surface area contributed by atoms with Gasteiger partial charge in [-0.05, 0) is 29.3 Å². The van der Waals surface area contributed by atoms with Crippen molar-refractivity contribution in [3.63, 3.8) is 0 Å². The fourth-order valence-electron chi connectivity index (χ4n) is 2.34. The molecule has 6 heteroatoms. The molecule has 108 valence electrons. The zero-order valence-electron chi connectivity index (χ0n) is 11.9. The van der Waals surface area contributed by atoms with Crippen LogP contribution in [0.15, 0.2) is 21.3 Å². The summed E-state index contributed by atoms with van der Waals surface area (Å²) in [5.74, 6) is 1.03. The molecule has 3 rings (SSSR count). The minimum Gasteiger partial charge on any atom is -0.367 e.